The third-order valence-corrected chi connectivity index (χ3v) is 14.2. The van der Waals surface area contributed by atoms with Crippen molar-refractivity contribution in [3.8, 4) is 11.5 Å². The number of hydrogen-bond acceptors (Lipinski definition) is 5. The molecule has 2 saturated carbocycles. The number of carbonyl (C=O) groups excluding carboxylic acids is 3. The van der Waals surface area contributed by atoms with E-state index in [-0.39, 0.29) is 18.5 Å². The minimum absolute atomic E-state index is 0.160. The van der Waals surface area contributed by atoms with Crippen LogP contribution >= 0.6 is 0 Å². The van der Waals surface area contributed by atoms with Gasteiger partial charge in [0.1, 0.15) is 5.78 Å². The maximum absolute atomic E-state index is 14.9. The van der Waals surface area contributed by atoms with Crippen LogP contribution in [0, 0.1) is 17.3 Å². The zero-order chi connectivity index (χ0) is 39.2. The molecule has 2 N–H and O–H groups in total. The van der Waals surface area contributed by atoms with Crippen molar-refractivity contribution in [3.05, 3.63) is 144 Å². The average molecular weight is 765 g/mol. The van der Waals surface area contributed by atoms with E-state index in [1.54, 1.807) is 0 Å². The minimum Gasteiger partial charge on any atom is -0.433 e. The van der Waals surface area contributed by atoms with E-state index >= 15 is 0 Å². The zero-order valence-corrected chi connectivity index (χ0v) is 32.5. The molecule has 288 valence electrons. The van der Waals surface area contributed by atoms with Crippen LogP contribution in [0.4, 0.5) is 0 Å². The molecule has 4 aliphatic rings. The quantitative estimate of drug-likeness (QED) is 0.130. The highest BCUT2D eigenvalue weighted by Gasteiger charge is 2.59. The SMILES string of the molecule is C[C@]12CCC3c4ccc5c(c4CCC3C1CCC2=O)OC(C(=O)NCc1c2ccccc2cc2ccccc12)(C(=O)NCc1c2ccccc2cc2ccccc12)O5. The molecule has 11 rings (SSSR count). The van der Waals surface area contributed by atoms with Gasteiger partial charge in [-0.15, -0.1) is 0 Å². The molecule has 0 radical (unpaired) electrons. The number of ether oxygens (including phenoxy) is 2. The lowest BCUT2D eigenvalue weighted by Crippen LogP contribution is -2.62. The minimum atomic E-state index is -2.31. The molecule has 7 nitrogen and oxygen atoms in total. The summed E-state index contributed by atoms with van der Waals surface area (Å²) in [7, 11) is 0. The molecule has 0 saturated heterocycles. The van der Waals surface area contributed by atoms with Crippen molar-refractivity contribution in [3.63, 3.8) is 0 Å². The molecule has 3 aliphatic carbocycles. The lowest BCUT2D eigenvalue weighted by atomic mass is 9.55. The highest BCUT2D eigenvalue weighted by Crippen LogP contribution is 2.61. The molecule has 2 amide bonds. The van der Waals surface area contributed by atoms with Crippen LogP contribution in [0.25, 0.3) is 43.1 Å². The highest BCUT2D eigenvalue weighted by atomic mass is 16.7. The average Bonchev–Trinajstić information content (AvgIpc) is 3.81. The molecule has 7 aromatic carbocycles. The predicted octanol–water partition coefficient (Wildman–Crippen LogP) is 9.82. The highest BCUT2D eigenvalue weighted by molar-refractivity contribution is 6.09. The summed E-state index contributed by atoms with van der Waals surface area (Å²) < 4.78 is 13.3. The number of carbonyl (C=O) groups is 3. The van der Waals surface area contributed by atoms with Crippen LogP contribution in [0.5, 0.6) is 11.5 Å². The maximum atomic E-state index is 14.9. The van der Waals surface area contributed by atoms with E-state index in [0.717, 1.165) is 91.9 Å². The van der Waals surface area contributed by atoms with Crippen molar-refractivity contribution in [2.24, 2.45) is 17.3 Å². The number of rotatable bonds is 6. The molecule has 1 aliphatic heterocycles. The maximum Gasteiger partial charge on any atom is 0.415 e. The van der Waals surface area contributed by atoms with Gasteiger partial charge >= 0.3 is 17.6 Å². The molecular weight excluding hydrogens is 721 g/mol. The lowest BCUT2D eigenvalue weighted by molar-refractivity contribution is -0.171. The molecule has 0 bridgehead atoms. The van der Waals surface area contributed by atoms with E-state index in [2.05, 4.69) is 84.3 Å². The van der Waals surface area contributed by atoms with Crippen molar-refractivity contribution >= 4 is 60.7 Å². The van der Waals surface area contributed by atoms with Crippen molar-refractivity contribution in [2.45, 2.75) is 70.2 Å². The number of amides is 2. The molecule has 7 heteroatoms. The van der Waals surface area contributed by atoms with E-state index in [4.69, 9.17) is 9.47 Å². The molecule has 0 aromatic heterocycles. The third kappa shape index (κ3) is 5.21. The standard InChI is InChI=1S/C51H44N2O5/c1-50-25-24-39-38-20-22-45-47(41(38)19-18-40(39)44(50)21-23-46(50)54)58-51(57-45,48(55)52-28-42-34-14-6-2-10-30(34)26-31-11-3-7-15-35(31)42)49(56)53-29-43-36-16-8-4-12-32(36)27-33-13-5-9-17-37(33)43/h2-17,20,22,26-27,39-40,44H,18-19,21,23-25,28-29H2,1H3,(H,52,55)(H,53,56)/t39?,40?,44?,50-/m0/s1. The molecule has 58 heavy (non-hydrogen) atoms. The molecule has 3 unspecified atom stereocenters. The second kappa shape index (κ2) is 13.2. The van der Waals surface area contributed by atoms with Crippen molar-refractivity contribution in [2.75, 3.05) is 0 Å². The number of fused-ring (bicyclic) bond motifs is 11. The Balaban J connectivity index is 0.962. The molecule has 1 heterocycles. The fourth-order valence-corrected chi connectivity index (χ4v) is 11.4. The molecule has 4 atom stereocenters. The van der Waals surface area contributed by atoms with Gasteiger partial charge in [-0.25, -0.2) is 0 Å². The number of ketones is 1. The fraction of sp³-hybridized carbons (Fsp3) is 0.275. The first-order valence-electron chi connectivity index (χ1n) is 20.7. The summed E-state index contributed by atoms with van der Waals surface area (Å²) in [5.74, 6) is -1.26. The first-order valence-corrected chi connectivity index (χ1v) is 20.7. The summed E-state index contributed by atoms with van der Waals surface area (Å²) in [5.41, 5.74) is 3.88. The fourth-order valence-electron chi connectivity index (χ4n) is 11.4. The number of benzene rings is 7. The lowest BCUT2D eigenvalue weighted by Gasteiger charge is -2.48. The van der Waals surface area contributed by atoms with Crippen LogP contribution in [0.15, 0.2) is 121 Å². The monoisotopic (exact) mass is 764 g/mol. The number of nitrogens with one attached hydrogen (secondary N) is 2. The first-order chi connectivity index (χ1) is 28.3. The van der Waals surface area contributed by atoms with Crippen LogP contribution < -0.4 is 20.1 Å². The summed E-state index contributed by atoms with van der Waals surface area (Å²) in [6.45, 7) is 2.51. The van der Waals surface area contributed by atoms with Crippen molar-refractivity contribution < 1.29 is 23.9 Å². The van der Waals surface area contributed by atoms with Gasteiger partial charge in [-0.1, -0.05) is 110 Å². The van der Waals surface area contributed by atoms with Gasteiger partial charge in [-0.05, 0) is 128 Å². The zero-order valence-electron chi connectivity index (χ0n) is 32.5. The summed E-state index contributed by atoms with van der Waals surface area (Å²) in [6.07, 6.45) is 5.10. The van der Waals surface area contributed by atoms with Gasteiger partial charge in [0.15, 0.2) is 11.5 Å². The smallest absolute Gasteiger partial charge is 0.415 e. The van der Waals surface area contributed by atoms with Gasteiger partial charge < -0.3 is 20.1 Å². The Labute approximate surface area is 336 Å². The van der Waals surface area contributed by atoms with E-state index in [1.165, 1.54) is 5.56 Å². The van der Waals surface area contributed by atoms with E-state index < -0.39 is 17.6 Å². The van der Waals surface area contributed by atoms with Crippen LogP contribution in [0.2, 0.25) is 0 Å². The summed E-state index contributed by atoms with van der Waals surface area (Å²) in [4.78, 5) is 42.8. The molecule has 7 aromatic rings. The number of Topliss-reactive ketones (excluding diaryl/α,β-unsaturated/α-hetero) is 1. The van der Waals surface area contributed by atoms with Gasteiger partial charge in [0.05, 0.1) is 0 Å². The third-order valence-electron chi connectivity index (χ3n) is 14.2. The van der Waals surface area contributed by atoms with Crippen LogP contribution in [0.3, 0.4) is 0 Å². The Hall–Kier alpha value is -6.21. The Kier molecular flexibility index (Phi) is 7.94. The van der Waals surface area contributed by atoms with Gasteiger partial charge in [0.2, 0.25) is 0 Å². The Morgan fingerprint density at radius 1 is 0.638 bits per heavy atom. The number of hydrogen-bond donors (Lipinski definition) is 2. The molecule has 2 fully saturated rings. The summed E-state index contributed by atoms with van der Waals surface area (Å²) >= 11 is 0. The topological polar surface area (TPSA) is 93.7 Å². The van der Waals surface area contributed by atoms with Crippen LogP contribution in [-0.4, -0.2) is 23.4 Å². The second-order valence-electron chi connectivity index (χ2n) is 17.1. The molecule has 0 spiro atoms. The first kappa shape index (κ1) is 35.0. The summed E-state index contributed by atoms with van der Waals surface area (Å²) in [6, 6.07) is 40.9. The van der Waals surface area contributed by atoms with E-state index in [0.29, 0.717) is 41.5 Å². The van der Waals surface area contributed by atoms with Crippen molar-refractivity contribution in [1.82, 2.24) is 10.6 Å². The van der Waals surface area contributed by atoms with Gasteiger partial charge in [-0.2, -0.15) is 0 Å². The normalized spacial score (nSPS) is 22.8. The largest absolute Gasteiger partial charge is 0.433 e. The van der Waals surface area contributed by atoms with Crippen LogP contribution in [0.1, 0.15) is 67.2 Å². The second-order valence-corrected chi connectivity index (χ2v) is 17.1. The van der Waals surface area contributed by atoms with E-state index in [9.17, 15) is 14.4 Å². The Bertz CT molecular complexity index is 2640. The van der Waals surface area contributed by atoms with Gasteiger partial charge in [0.25, 0.3) is 0 Å². The Morgan fingerprint density at radius 3 is 1.69 bits per heavy atom. The van der Waals surface area contributed by atoms with Crippen LogP contribution in [-0.2, 0) is 33.9 Å². The predicted molar refractivity (Wildman–Crippen MR) is 227 cm³/mol. The Morgan fingerprint density at radius 2 is 1.16 bits per heavy atom. The van der Waals surface area contributed by atoms with Gasteiger partial charge in [0, 0.05) is 30.5 Å². The van der Waals surface area contributed by atoms with Crippen molar-refractivity contribution in [1.29, 1.82) is 0 Å². The summed E-state index contributed by atoms with van der Waals surface area (Å²) in [5, 5.41) is 14.6. The van der Waals surface area contributed by atoms with Gasteiger partial charge in [-0.3, -0.25) is 14.4 Å². The van der Waals surface area contributed by atoms with E-state index in [1.807, 2.05) is 54.6 Å². The molecular formula is C51H44N2O5.